The maximum atomic E-state index is 4.46. The van der Waals surface area contributed by atoms with Crippen LogP contribution in [0.1, 0.15) is 12.6 Å². The normalized spacial score (nSPS) is 10.6. The van der Waals surface area contributed by atoms with Gasteiger partial charge in [0.15, 0.2) is 0 Å². The van der Waals surface area contributed by atoms with Gasteiger partial charge in [-0.25, -0.2) is 0 Å². The molecule has 56 valence electrons. The van der Waals surface area contributed by atoms with E-state index < -0.39 is 0 Å². The van der Waals surface area contributed by atoms with Crippen molar-refractivity contribution >= 4 is 21.6 Å². The van der Waals surface area contributed by atoms with Gasteiger partial charge in [0.25, 0.3) is 0 Å². The minimum atomic E-state index is 1.02. The maximum absolute atomic E-state index is 4.46. The SMILES string of the molecule is CCc1ccc2sccc2n1. The van der Waals surface area contributed by atoms with Crippen LogP contribution in [0, 0.1) is 0 Å². The maximum Gasteiger partial charge on any atom is 0.0812 e. The molecule has 0 unspecified atom stereocenters. The molecule has 0 spiro atoms. The molecule has 0 saturated carbocycles. The molecule has 2 heteroatoms. The first kappa shape index (κ1) is 6.80. The van der Waals surface area contributed by atoms with E-state index in [4.69, 9.17) is 0 Å². The lowest BCUT2D eigenvalue weighted by molar-refractivity contribution is 1.06. The first-order chi connectivity index (χ1) is 5.40. The fourth-order valence-electron chi connectivity index (χ4n) is 1.09. The molecule has 2 aromatic rings. The molecule has 1 nitrogen and oxygen atoms in total. The van der Waals surface area contributed by atoms with E-state index >= 15 is 0 Å². The van der Waals surface area contributed by atoms with E-state index in [-0.39, 0.29) is 0 Å². The van der Waals surface area contributed by atoms with Crippen molar-refractivity contribution in [1.29, 1.82) is 0 Å². The van der Waals surface area contributed by atoms with Gasteiger partial charge in [0.05, 0.1) is 10.2 Å². The Morgan fingerprint density at radius 2 is 2.27 bits per heavy atom. The minimum absolute atomic E-state index is 1.02. The molecule has 0 radical (unpaired) electrons. The largest absolute Gasteiger partial charge is 0.252 e. The number of aryl methyl sites for hydroxylation is 1. The predicted molar refractivity (Wildman–Crippen MR) is 49.0 cm³/mol. The number of nitrogens with zero attached hydrogens (tertiary/aromatic N) is 1. The summed E-state index contributed by atoms with van der Waals surface area (Å²) in [4.78, 5) is 4.46. The second kappa shape index (κ2) is 2.62. The summed E-state index contributed by atoms with van der Waals surface area (Å²) < 4.78 is 1.28. The zero-order chi connectivity index (χ0) is 7.68. The van der Waals surface area contributed by atoms with E-state index in [9.17, 15) is 0 Å². The first-order valence-corrected chi connectivity index (χ1v) is 4.61. The molecular weight excluding hydrogens is 154 g/mol. The average Bonchev–Trinajstić information content (AvgIpc) is 2.50. The van der Waals surface area contributed by atoms with Gasteiger partial charge in [-0.1, -0.05) is 6.92 Å². The van der Waals surface area contributed by atoms with Crippen LogP contribution in [0.5, 0.6) is 0 Å². The van der Waals surface area contributed by atoms with Crippen molar-refractivity contribution in [2.75, 3.05) is 0 Å². The van der Waals surface area contributed by atoms with Crippen LogP contribution in [-0.2, 0) is 6.42 Å². The van der Waals surface area contributed by atoms with Crippen LogP contribution < -0.4 is 0 Å². The monoisotopic (exact) mass is 163 g/mol. The van der Waals surface area contributed by atoms with Crippen LogP contribution in [0.2, 0.25) is 0 Å². The van der Waals surface area contributed by atoms with Crippen molar-refractivity contribution in [3.8, 4) is 0 Å². The smallest absolute Gasteiger partial charge is 0.0812 e. The van der Waals surface area contributed by atoms with Gasteiger partial charge in [-0.3, -0.25) is 4.98 Å². The lowest BCUT2D eigenvalue weighted by atomic mass is 10.3. The van der Waals surface area contributed by atoms with Crippen LogP contribution >= 0.6 is 11.3 Å². The standard InChI is InChI=1S/C9H9NS/c1-2-7-3-4-9-8(10-7)5-6-11-9/h3-6H,2H2,1H3. The quantitative estimate of drug-likeness (QED) is 0.630. The third-order valence-corrected chi connectivity index (χ3v) is 2.60. The summed E-state index contributed by atoms with van der Waals surface area (Å²) in [7, 11) is 0. The number of pyridine rings is 1. The van der Waals surface area contributed by atoms with E-state index in [1.165, 1.54) is 10.4 Å². The highest BCUT2D eigenvalue weighted by molar-refractivity contribution is 7.17. The molecule has 0 bridgehead atoms. The molecule has 0 fully saturated rings. The molecule has 0 N–H and O–H groups in total. The highest BCUT2D eigenvalue weighted by atomic mass is 32.1. The van der Waals surface area contributed by atoms with Gasteiger partial charge >= 0.3 is 0 Å². The fourth-order valence-corrected chi connectivity index (χ4v) is 1.82. The lowest BCUT2D eigenvalue weighted by Crippen LogP contribution is -1.83. The number of rotatable bonds is 1. The zero-order valence-electron chi connectivity index (χ0n) is 6.37. The van der Waals surface area contributed by atoms with Crippen LogP contribution in [0.4, 0.5) is 0 Å². The summed E-state index contributed by atoms with van der Waals surface area (Å²) >= 11 is 1.74. The topological polar surface area (TPSA) is 12.9 Å². The van der Waals surface area contributed by atoms with Crippen molar-refractivity contribution in [2.45, 2.75) is 13.3 Å². The third-order valence-electron chi connectivity index (χ3n) is 1.73. The minimum Gasteiger partial charge on any atom is -0.252 e. The van der Waals surface area contributed by atoms with E-state index in [0.29, 0.717) is 0 Å². The van der Waals surface area contributed by atoms with Crippen molar-refractivity contribution in [2.24, 2.45) is 0 Å². The number of hydrogen-bond acceptors (Lipinski definition) is 2. The van der Waals surface area contributed by atoms with Gasteiger partial charge in [-0.15, -0.1) is 11.3 Å². The summed E-state index contributed by atoms with van der Waals surface area (Å²) in [5.74, 6) is 0. The van der Waals surface area contributed by atoms with Crippen molar-refractivity contribution in [3.63, 3.8) is 0 Å². The Morgan fingerprint density at radius 3 is 3.09 bits per heavy atom. The molecule has 0 amide bonds. The Labute approximate surface area is 69.7 Å². The Kier molecular flexibility index (Phi) is 1.62. The second-order valence-electron chi connectivity index (χ2n) is 2.46. The summed E-state index contributed by atoms with van der Waals surface area (Å²) in [6.07, 6.45) is 1.02. The van der Waals surface area contributed by atoms with Crippen molar-refractivity contribution in [3.05, 3.63) is 29.3 Å². The zero-order valence-corrected chi connectivity index (χ0v) is 7.19. The fraction of sp³-hybridized carbons (Fsp3) is 0.222. The summed E-state index contributed by atoms with van der Waals surface area (Å²) in [6, 6.07) is 6.31. The van der Waals surface area contributed by atoms with E-state index in [2.05, 4.69) is 35.5 Å². The van der Waals surface area contributed by atoms with Crippen LogP contribution in [-0.4, -0.2) is 4.98 Å². The Bertz CT molecular complexity index is 364. The molecule has 0 aromatic carbocycles. The van der Waals surface area contributed by atoms with Gasteiger partial charge in [0, 0.05) is 5.69 Å². The predicted octanol–water partition coefficient (Wildman–Crippen LogP) is 2.86. The number of fused-ring (bicyclic) bond motifs is 1. The third kappa shape index (κ3) is 1.14. The van der Waals surface area contributed by atoms with Crippen LogP contribution in [0.25, 0.3) is 10.2 Å². The Hall–Kier alpha value is -0.890. The molecular formula is C9H9NS. The molecule has 0 saturated heterocycles. The molecule has 0 aliphatic carbocycles. The highest BCUT2D eigenvalue weighted by Crippen LogP contribution is 2.18. The van der Waals surface area contributed by atoms with Crippen LogP contribution in [0.15, 0.2) is 23.6 Å². The van der Waals surface area contributed by atoms with Gasteiger partial charge < -0.3 is 0 Å². The van der Waals surface area contributed by atoms with Gasteiger partial charge in [0.2, 0.25) is 0 Å². The summed E-state index contributed by atoms with van der Waals surface area (Å²) in [5, 5.41) is 2.08. The molecule has 2 aromatic heterocycles. The van der Waals surface area contributed by atoms with Crippen molar-refractivity contribution < 1.29 is 0 Å². The highest BCUT2D eigenvalue weighted by Gasteiger charge is 1.95. The van der Waals surface area contributed by atoms with Crippen molar-refractivity contribution in [1.82, 2.24) is 4.98 Å². The van der Waals surface area contributed by atoms with Gasteiger partial charge in [-0.05, 0) is 30.0 Å². The molecule has 2 rings (SSSR count). The van der Waals surface area contributed by atoms with Gasteiger partial charge in [0.1, 0.15) is 0 Å². The summed E-state index contributed by atoms with van der Waals surface area (Å²) in [5.41, 5.74) is 2.31. The number of aromatic nitrogens is 1. The van der Waals surface area contributed by atoms with E-state index in [0.717, 1.165) is 11.9 Å². The Morgan fingerprint density at radius 1 is 1.36 bits per heavy atom. The first-order valence-electron chi connectivity index (χ1n) is 3.73. The molecule has 0 aliphatic rings. The van der Waals surface area contributed by atoms with E-state index in [1.54, 1.807) is 11.3 Å². The number of hydrogen-bond donors (Lipinski definition) is 0. The molecule has 2 heterocycles. The van der Waals surface area contributed by atoms with E-state index in [1.807, 2.05) is 0 Å². The molecule has 0 aliphatic heterocycles. The van der Waals surface area contributed by atoms with Crippen LogP contribution in [0.3, 0.4) is 0 Å². The second-order valence-corrected chi connectivity index (χ2v) is 3.41. The lowest BCUT2D eigenvalue weighted by Gasteiger charge is -1.93. The van der Waals surface area contributed by atoms with Gasteiger partial charge in [-0.2, -0.15) is 0 Å². The number of thiophene rings is 1. The average molecular weight is 163 g/mol. The molecule has 0 atom stereocenters. The molecule has 11 heavy (non-hydrogen) atoms. The Balaban J connectivity index is 2.67. The summed E-state index contributed by atoms with van der Waals surface area (Å²) in [6.45, 7) is 2.13.